The fourth-order valence-corrected chi connectivity index (χ4v) is 2.72. The number of hydrogen-bond acceptors (Lipinski definition) is 2. The minimum absolute atomic E-state index is 0.118. The van der Waals surface area contributed by atoms with Crippen LogP contribution in [0.1, 0.15) is 17.2 Å². The highest BCUT2D eigenvalue weighted by Crippen LogP contribution is 2.20. The molecule has 3 nitrogen and oxygen atoms in total. The summed E-state index contributed by atoms with van der Waals surface area (Å²) >= 11 is 11.6. The first-order chi connectivity index (χ1) is 11.0. The number of nitrogens with one attached hydrogen (secondary N) is 2. The van der Waals surface area contributed by atoms with Crippen LogP contribution in [0.25, 0.3) is 0 Å². The Bertz CT molecular complexity index is 659. The number of likely N-dealkylation sites (N-methyl/N-ethyl adjacent to an activating group) is 1. The lowest BCUT2D eigenvalue weighted by atomic mass is 10.1. The van der Waals surface area contributed by atoms with Crippen LogP contribution in [0.15, 0.2) is 48.5 Å². The predicted molar refractivity (Wildman–Crippen MR) is 103 cm³/mol. The maximum absolute atomic E-state index is 6.16. The number of hydrogen-bond donors (Lipinski definition) is 2. The van der Waals surface area contributed by atoms with Crippen LogP contribution in [0.4, 0.5) is 5.69 Å². The number of nitrogens with zero attached hydrogens (tertiary/aromatic N) is 1. The first kappa shape index (κ1) is 17.7. The highest BCUT2D eigenvalue weighted by molar-refractivity contribution is 7.80. The van der Waals surface area contributed by atoms with Gasteiger partial charge < -0.3 is 15.5 Å². The SMILES string of the molecule is Cc1ccc(NC(=S)N[C@H](CN(C)C)c2ccccc2)cc1Cl. The van der Waals surface area contributed by atoms with Gasteiger partial charge in [-0.2, -0.15) is 0 Å². The van der Waals surface area contributed by atoms with E-state index in [1.165, 1.54) is 5.56 Å². The molecule has 0 fully saturated rings. The largest absolute Gasteiger partial charge is 0.354 e. The van der Waals surface area contributed by atoms with Crippen LogP contribution < -0.4 is 10.6 Å². The average molecular weight is 348 g/mol. The molecular formula is C18H22ClN3S. The lowest BCUT2D eigenvalue weighted by molar-refractivity contribution is 0.363. The second-order valence-electron chi connectivity index (χ2n) is 5.79. The Hall–Kier alpha value is -1.62. The van der Waals surface area contributed by atoms with Gasteiger partial charge in [-0.15, -0.1) is 0 Å². The van der Waals surface area contributed by atoms with E-state index in [9.17, 15) is 0 Å². The number of anilines is 1. The zero-order valence-electron chi connectivity index (χ0n) is 13.6. The molecule has 0 saturated carbocycles. The van der Waals surface area contributed by atoms with Gasteiger partial charge in [0.05, 0.1) is 6.04 Å². The van der Waals surface area contributed by atoms with Crippen molar-refractivity contribution in [1.29, 1.82) is 0 Å². The van der Waals surface area contributed by atoms with E-state index in [1.54, 1.807) is 0 Å². The summed E-state index contributed by atoms with van der Waals surface area (Å²) in [6.07, 6.45) is 0. The number of rotatable bonds is 5. The van der Waals surface area contributed by atoms with Crippen molar-refractivity contribution < 1.29 is 0 Å². The molecule has 0 unspecified atom stereocenters. The summed E-state index contributed by atoms with van der Waals surface area (Å²) in [5.74, 6) is 0. The second kappa shape index (κ2) is 8.29. The average Bonchev–Trinajstić information content (AvgIpc) is 2.51. The molecule has 0 saturated heterocycles. The van der Waals surface area contributed by atoms with E-state index < -0.39 is 0 Å². The molecular weight excluding hydrogens is 326 g/mol. The molecule has 5 heteroatoms. The Balaban J connectivity index is 2.06. The molecule has 0 aliphatic heterocycles. The lowest BCUT2D eigenvalue weighted by Gasteiger charge is -2.24. The van der Waals surface area contributed by atoms with Crippen molar-refractivity contribution in [3.63, 3.8) is 0 Å². The minimum Gasteiger partial charge on any atom is -0.354 e. The molecule has 0 spiro atoms. The first-order valence-electron chi connectivity index (χ1n) is 7.49. The molecule has 2 aromatic rings. The van der Waals surface area contributed by atoms with Crippen LogP contribution >= 0.6 is 23.8 Å². The molecule has 2 N–H and O–H groups in total. The van der Waals surface area contributed by atoms with Gasteiger partial charge in [0.2, 0.25) is 0 Å². The van der Waals surface area contributed by atoms with Crippen molar-refractivity contribution in [3.8, 4) is 0 Å². The number of halogens is 1. The summed E-state index contributed by atoms with van der Waals surface area (Å²) in [6.45, 7) is 2.83. The Labute approximate surface area is 148 Å². The van der Waals surface area contributed by atoms with Crippen molar-refractivity contribution >= 4 is 34.6 Å². The first-order valence-corrected chi connectivity index (χ1v) is 8.27. The molecule has 0 heterocycles. The number of aryl methyl sites for hydroxylation is 1. The van der Waals surface area contributed by atoms with E-state index in [0.717, 1.165) is 22.8 Å². The lowest BCUT2D eigenvalue weighted by Crippen LogP contribution is -2.37. The summed E-state index contributed by atoms with van der Waals surface area (Å²) < 4.78 is 0. The fraction of sp³-hybridized carbons (Fsp3) is 0.278. The minimum atomic E-state index is 0.118. The van der Waals surface area contributed by atoms with Gasteiger partial charge in [-0.05, 0) is 56.5 Å². The molecule has 0 aliphatic rings. The van der Waals surface area contributed by atoms with Crippen LogP contribution in [-0.4, -0.2) is 30.7 Å². The maximum Gasteiger partial charge on any atom is 0.171 e. The third-order valence-corrected chi connectivity index (χ3v) is 4.11. The molecule has 23 heavy (non-hydrogen) atoms. The predicted octanol–water partition coefficient (Wildman–Crippen LogP) is 4.24. The van der Waals surface area contributed by atoms with Gasteiger partial charge in [-0.3, -0.25) is 0 Å². The molecule has 1 atom stereocenters. The standard InChI is InChI=1S/C18H22ClN3S/c1-13-9-10-15(11-16(13)19)20-18(23)21-17(12-22(2)3)14-7-5-4-6-8-14/h4-11,17H,12H2,1-3H3,(H2,20,21,23)/t17-/m1/s1. The smallest absolute Gasteiger partial charge is 0.171 e. The Morgan fingerprint density at radius 2 is 1.87 bits per heavy atom. The summed E-state index contributed by atoms with van der Waals surface area (Å²) in [6, 6.07) is 16.2. The fourth-order valence-electron chi connectivity index (χ4n) is 2.28. The van der Waals surface area contributed by atoms with Crippen LogP contribution in [0, 0.1) is 6.92 Å². The van der Waals surface area contributed by atoms with E-state index in [0.29, 0.717) is 5.11 Å². The van der Waals surface area contributed by atoms with Crippen molar-refractivity contribution in [2.24, 2.45) is 0 Å². The van der Waals surface area contributed by atoms with Gasteiger partial charge >= 0.3 is 0 Å². The van der Waals surface area contributed by atoms with E-state index in [-0.39, 0.29) is 6.04 Å². The molecule has 0 radical (unpaired) electrons. The van der Waals surface area contributed by atoms with Gasteiger partial charge in [-0.1, -0.05) is 48.0 Å². The van der Waals surface area contributed by atoms with E-state index in [2.05, 4.69) is 27.7 Å². The molecule has 0 aliphatic carbocycles. The quantitative estimate of drug-likeness (QED) is 0.791. The second-order valence-corrected chi connectivity index (χ2v) is 6.60. The summed E-state index contributed by atoms with van der Waals surface area (Å²) in [7, 11) is 4.10. The van der Waals surface area contributed by atoms with E-state index in [1.807, 2.05) is 57.4 Å². The van der Waals surface area contributed by atoms with E-state index >= 15 is 0 Å². The number of thiocarbonyl (C=S) groups is 1. The van der Waals surface area contributed by atoms with Gasteiger partial charge in [0.15, 0.2) is 5.11 Å². The zero-order valence-corrected chi connectivity index (χ0v) is 15.2. The van der Waals surface area contributed by atoms with Crippen molar-refractivity contribution in [2.75, 3.05) is 26.0 Å². The van der Waals surface area contributed by atoms with Gasteiger partial charge in [0.1, 0.15) is 0 Å². The molecule has 2 aromatic carbocycles. The Kier molecular flexibility index (Phi) is 6.39. The van der Waals surface area contributed by atoms with Crippen molar-refractivity contribution in [3.05, 3.63) is 64.7 Å². The third-order valence-electron chi connectivity index (χ3n) is 3.48. The molecule has 0 bridgehead atoms. The molecule has 0 amide bonds. The topological polar surface area (TPSA) is 27.3 Å². The highest BCUT2D eigenvalue weighted by Gasteiger charge is 2.13. The summed E-state index contributed by atoms with van der Waals surface area (Å²) in [4.78, 5) is 2.13. The highest BCUT2D eigenvalue weighted by atomic mass is 35.5. The zero-order chi connectivity index (χ0) is 16.8. The van der Waals surface area contributed by atoms with Crippen LogP contribution in [0.5, 0.6) is 0 Å². The normalized spacial score (nSPS) is 12.0. The summed E-state index contributed by atoms with van der Waals surface area (Å²) in [5.41, 5.74) is 3.13. The van der Waals surface area contributed by atoms with Crippen molar-refractivity contribution in [2.45, 2.75) is 13.0 Å². The molecule has 0 aromatic heterocycles. The Morgan fingerprint density at radius 1 is 1.17 bits per heavy atom. The Morgan fingerprint density at radius 3 is 2.48 bits per heavy atom. The van der Waals surface area contributed by atoms with Crippen LogP contribution in [0.3, 0.4) is 0 Å². The summed E-state index contributed by atoms with van der Waals surface area (Å²) in [5, 5.41) is 7.89. The van der Waals surface area contributed by atoms with Gasteiger partial charge in [-0.25, -0.2) is 0 Å². The monoisotopic (exact) mass is 347 g/mol. The van der Waals surface area contributed by atoms with E-state index in [4.69, 9.17) is 23.8 Å². The third kappa shape index (κ3) is 5.50. The molecule has 122 valence electrons. The number of benzene rings is 2. The van der Waals surface area contributed by atoms with Gasteiger partial charge in [0, 0.05) is 17.3 Å². The molecule has 2 rings (SSSR count). The maximum atomic E-state index is 6.16. The van der Waals surface area contributed by atoms with Gasteiger partial charge in [0.25, 0.3) is 0 Å². The van der Waals surface area contributed by atoms with Crippen LogP contribution in [-0.2, 0) is 0 Å². The van der Waals surface area contributed by atoms with Crippen molar-refractivity contribution in [1.82, 2.24) is 10.2 Å². The van der Waals surface area contributed by atoms with Crippen LogP contribution in [0.2, 0.25) is 5.02 Å².